The summed E-state index contributed by atoms with van der Waals surface area (Å²) in [6.07, 6.45) is -1.40. The van der Waals surface area contributed by atoms with Crippen molar-refractivity contribution in [3.63, 3.8) is 0 Å². The first-order chi connectivity index (χ1) is 14.0. The van der Waals surface area contributed by atoms with Crippen LogP contribution in [0, 0.1) is 0 Å². The summed E-state index contributed by atoms with van der Waals surface area (Å²) < 4.78 is 20.6. The highest BCUT2D eigenvalue weighted by atomic mass is 35.5. The molecule has 30 heavy (non-hydrogen) atoms. The summed E-state index contributed by atoms with van der Waals surface area (Å²) in [6.45, 7) is 2.84. The lowest BCUT2D eigenvalue weighted by Gasteiger charge is -2.46. The van der Waals surface area contributed by atoms with E-state index in [1.807, 2.05) is 0 Å². The minimum absolute atomic E-state index is 0.123. The summed E-state index contributed by atoms with van der Waals surface area (Å²) in [4.78, 5) is 50.9. The molecular weight excluding hydrogens is 424 g/mol. The number of carbonyl (C=O) groups excluding carboxylic acids is 4. The van der Waals surface area contributed by atoms with Crippen molar-refractivity contribution in [1.29, 1.82) is 0 Å². The Hall–Kier alpha value is -2.76. The minimum atomic E-state index is -2.60. The predicted molar refractivity (Wildman–Crippen MR) is 98.9 cm³/mol. The Morgan fingerprint density at radius 1 is 1.17 bits per heavy atom. The zero-order chi connectivity index (χ0) is 22.5. The predicted octanol–water partition coefficient (Wildman–Crippen LogP) is -0.110. The summed E-state index contributed by atoms with van der Waals surface area (Å²) in [5, 5.41) is 10.5. The van der Waals surface area contributed by atoms with E-state index >= 15 is 0 Å². The van der Waals surface area contributed by atoms with Gasteiger partial charge in [-0.25, -0.2) is 0 Å². The molecule has 2 N–H and O–H groups in total. The lowest BCUT2D eigenvalue weighted by atomic mass is 9.95. The van der Waals surface area contributed by atoms with Crippen molar-refractivity contribution in [2.24, 2.45) is 0 Å². The fourth-order valence-electron chi connectivity index (χ4n) is 2.84. The zero-order valence-electron chi connectivity index (χ0n) is 16.4. The number of amides is 1. The first kappa shape index (κ1) is 23.5. The third-order valence-corrected chi connectivity index (χ3v) is 4.31. The number of nitrogens with one attached hydrogen (secondary N) is 1. The average molecular weight is 445 g/mol. The molecule has 2 rings (SSSR count). The Bertz CT molecular complexity index is 802. The molecule has 164 valence electrons. The molecule has 0 aliphatic carbocycles. The van der Waals surface area contributed by atoms with Crippen molar-refractivity contribution in [2.45, 2.75) is 50.4 Å². The van der Waals surface area contributed by atoms with Crippen LogP contribution in [-0.2, 0) is 33.3 Å². The van der Waals surface area contributed by atoms with Crippen molar-refractivity contribution in [2.75, 3.05) is 6.61 Å². The number of esters is 3. The molecular formula is C18H21ClN2O9. The average Bonchev–Trinajstić information content (AvgIpc) is 2.65. The highest BCUT2D eigenvalue weighted by molar-refractivity contribution is 6.22. The van der Waals surface area contributed by atoms with Crippen LogP contribution >= 0.6 is 11.6 Å². The van der Waals surface area contributed by atoms with E-state index in [0.717, 1.165) is 20.8 Å². The van der Waals surface area contributed by atoms with E-state index in [4.69, 9.17) is 30.5 Å². The van der Waals surface area contributed by atoms with Crippen LogP contribution in [0.25, 0.3) is 0 Å². The second-order valence-electron chi connectivity index (χ2n) is 6.41. The highest BCUT2D eigenvalue weighted by Crippen LogP contribution is 2.35. The topological polar surface area (TPSA) is 150 Å². The SMILES string of the molecule is CC(=O)OC[C@H]1OC(O)(Cl)[C@H](NC(=O)c2cccnc2)[C@@H](OC(C)=O)[C@@H]1OC(C)=O. The summed E-state index contributed by atoms with van der Waals surface area (Å²) >= 11 is 6.09. The minimum Gasteiger partial charge on any atom is -0.463 e. The first-order valence-corrected chi connectivity index (χ1v) is 9.17. The molecule has 0 radical (unpaired) electrons. The van der Waals surface area contributed by atoms with Crippen molar-refractivity contribution in [3.8, 4) is 0 Å². The fraction of sp³-hybridized carbons (Fsp3) is 0.500. The van der Waals surface area contributed by atoms with E-state index in [1.165, 1.54) is 24.5 Å². The number of pyridine rings is 1. The maximum Gasteiger partial charge on any atom is 0.303 e. The van der Waals surface area contributed by atoms with Crippen LogP contribution in [0.4, 0.5) is 0 Å². The van der Waals surface area contributed by atoms with E-state index in [9.17, 15) is 24.3 Å². The summed E-state index contributed by atoms with van der Waals surface area (Å²) in [7, 11) is 0. The number of aliphatic hydroxyl groups is 1. The number of rotatable bonds is 6. The molecule has 1 aliphatic rings. The van der Waals surface area contributed by atoms with Gasteiger partial charge >= 0.3 is 17.9 Å². The quantitative estimate of drug-likeness (QED) is 0.345. The number of nitrogens with zero attached hydrogens (tertiary/aromatic N) is 1. The molecule has 11 nitrogen and oxygen atoms in total. The van der Waals surface area contributed by atoms with Gasteiger partial charge in [0, 0.05) is 33.2 Å². The Labute approximate surface area is 176 Å². The van der Waals surface area contributed by atoms with Gasteiger partial charge in [-0.05, 0) is 12.1 Å². The smallest absolute Gasteiger partial charge is 0.303 e. The van der Waals surface area contributed by atoms with E-state index in [0.29, 0.717) is 0 Å². The van der Waals surface area contributed by atoms with E-state index < -0.39 is 60.0 Å². The lowest BCUT2D eigenvalue weighted by Crippen LogP contribution is -2.70. The third kappa shape index (κ3) is 6.12. The zero-order valence-corrected chi connectivity index (χ0v) is 17.1. The molecule has 0 aromatic carbocycles. The Balaban J connectivity index is 2.39. The fourth-order valence-corrected chi connectivity index (χ4v) is 3.13. The monoisotopic (exact) mass is 444 g/mol. The van der Waals surface area contributed by atoms with Gasteiger partial charge in [0.1, 0.15) is 18.8 Å². The van der Waals surface area contributed by atoms with Gasteiger partial charge in [0.25, 0.3) is 11.2 Å². The third-order valence-electron chi connectivity index (χ3n) is 3.98. The van der Waals surface area contributed by atoms with Crippen molar-refractivity contribution in [3.05, 3.63) is 30.1 Å². The maximum atomic E-state index is 12.6. The maximum absolute atomic E-state index is 12.6. The van der Waals surface area contributed by atoms with E-state index in [1.54, 1.807) is 0 Å². The molecule has 0 bridgehead atoms. The standard InChI is InChI=1S/C18H21ClN2O9/c1-9(22)27-8-13-14(28-10(2)23)15(29-11(3)24)16(18(19,26)30-13)21-17(25)12-5-4-6-20-7-12/h4-7,13-16,26H,8H2,1-3H3,(H,21,25)/t13-,14-,15+,16-,18?/m1/s1. The molecule has 1 fully saturated rings. The molecule has 0 saturated carbocycles. The Kier molecular flexibility index (Phi) is 7.71. The second kappa shape index (κ2) is 9.83. The van der Waals surface area contributed by atoms with Crippen LogP contribution in [0.1, 0.15) is 31.1 Å². The van der Waals surface area contributed by atoms with E-state index in [2.05, 4.69) is 10.3 Å². The van der Waals surface area contributed by atoms with Crippen LogP contribution < -0.4 is 5.32 Å². The molecule has 5 atom stereocenters. The van der Waals surface area contributed by atoms with Crippen LogP contribution in [-0.4, -0.2) is 70.1 Å². The largest absolute Gasteiger partial charge is 0.463 e. The van der Waals surface area contributed by atoms with Gasteiger partial charge in [-0.2, -0.15) is 0 Å². The van der Waals surface area contributed by atoms with Gasteiger partial charge in [0.2, 0.25) is 0 Å². The molecule has 0 spiro atoms. The molecule has 12 heteroatoms. The summed E-state index contributed by atoms with van der Waals surface area (Å²) in [5.41, 5.74) is 0.123. The first-order valence-electron chi connectivity index (χ1n) is 8.79. The lowest BCUT2D eigenvalue weighted by molar-refractivity contribution is -0.283. The van der Waals surface area contributed by atoms with Crippen LogP contribution in [0.2, 0.25) is 0 Å². The summed E-state index contributed by atoms with van der Waals surface area (Å²) in [5.74, 6) is -2.97. The van der Waals surface area contributed by atoms with Gasteiger partial charge in [0.05, 0.1) is 5.56 Å². The van der Waals surface area contributed by atoms with Gasteiger partial charge in [-0.15, -0.1) is 0 Å². The molecule has 2 heterocycles. The Morgan fingerprint density at radius 3 is 2.33 bits per heavy atom. The van der Waals surface area contributed by atoms with Crippen molar-refractivity contribution >= 4 is 35.4 Å². The van der Waals surface area contributed by atoms with Gasteiger partial charge in [-0.3, -0.25) is 24.2 Å². The van der Waals surface area contributed by atoms with Crippen LogP contribution in [0.15, 0.2) is 24.5 Å². The molecule has 1 unspecified atom stereocenters. The van der Waals surface area contributed by atoms with Crippen molar-refractivity contribution < 1.29 is 43.2 Å². The number of carbonyl (C=O) groups is 4. The van der Waals surface area contributed by atoms with Crippen LogP contribution in [0.3, 0.4) is 0 Å². The molecule has 1 aliphatic heterocycles. The number of ether oxygens (including phenoxy) is 4. The molecule has 1 saturated heterocycles. The number of alkyl halides is 1. The second-order valence-corrected chi connectivity index (χ2v) is 6.95. The number of aromatic nitrogens is 1. The van der Waals surface area contributed by atoms with Gasteiger partial charge < -0.3 is 29.4 Å². The van der Waals surface area contributed by atoms with Crippen molar-refractivity contribution in [1.82, 2.24) is 10.3 Å². The number of hydrogen-bond acceptors (Lipinski definition) is 10. The molecule has 1 aromatic rings. The Morgan fingerprint density at radius 2 is 1.80 bits per heavy atom. The molecule has 1 aromatic heterocycles. The normalized spacial score (nSPS) is 28.2. The number of hydrogen-bond donors (Lipinski definition) is 2. The van der Waals surface area contributed by atoms with E-state index in [-0.39, 0.29) is 5.56 Å². The van der Waals surface area contributed by atoms with Crippen LogP contribution in [0.5, 0.6) is 0 Å². The molecule has 1 amide bonds. The summed E-state index contributed by atoms with van der Waals surface area (Å²) in [6, 6.07) is 1.40. The van der Waals surface area contributed by atoms with Gasteiger partial charge in [-0.1, -0.05) is 11.6 Å². The number of halogens is 1. The highest BCUT2D eigenvalue weighted by Gasteiger charge is 2.57. The van der Waals surface area contributed by atoms with Gasteiger partial charge in [0.15, 0.2) is 12.2 Å².